The van der Waals surface area contributed by atoms with E-state index in [0.717, 1.165) is 0 Å². The summed E-state index contributed by atoms with van der Waals surface area (Å²) >= 11 is 0. The molecule has 0 saturated carbocycles. The summed E-state index contributed by atoms with van der Waals surface area (Å²) in [5, 5.41) is 0. The third-order valence-corrected chi connectivity index (χ3v) is 4.47. The predicted octanol–water partition coefficient (Wildman–Crippen LogP) is 0.876. The van der Waals surface area contributed by atoms with Crippen molar-refractivity contribution in [3.8, 4) is 0 Å². The zero-order chi connectivity index (χ0) is 16.0. The van der Waals surface area contributed by atoms with Crippen LogP contribution in [0.4, 0.5) is 0 Å². The summed E-state index contributed by atoms with van der Waals surface area (Å²) < 4.78 is 31.5. The van der Waals surface area contributed by atoms with Gasteiger partial charge >= 0.3 is 5.97 Å². The van der Waals surface area contributed by atoms with E-state index in [1.54, 1.807) is 18.2 Å². The molecule has 1 unspecified atom stereocenters. The number of rotatable bonds is 7. The fourth-order valence-electron chi connectivity index (χ4n) is 1.85. The Bertz CT molecular complexity index is 584. The van der Waals surface area contributed by atoms with Crippen LogP contribution in [0.25, 0.3) is 0 Å². The summed E-state index contributed by atoms with van der Waals surface area (Å²) in [5.41, 5.74) is 6.41. The summed E-state index contributed by atoms with van der Waals surface area (Å²) in [6, 6.07) is 6.06. The van der Waals surface area contributed by atoms with Gasteiger partial charge in [0.2, 0.25) is 10.0 Å². The molecule has 0 fully saturated rings. The molecule has 6 nitrogen and oxygen atoms in total. The van der Waals surface area contributed by atoms with Crippen LogP contribution in [-0.4, -0.2) is 34.1 Å². The summed E-state index contributed by atoms with van der Waals surface area (Å²) in [6.07, 6.45) is 0. The summed E-state index contributed by atoms with van der Waals surface area (Å²) in [5.74, 6) is -0.600. The quantitative estimate of drug-likeness (QED) is 0.728. The van der Waals surface area contributed by atoms with Crippen molar-refractivity contribution in [2.75, 3.05) is 13.7 Å². The fourth-order valence-corrected chi connectivity index (χ4v) is 3.39. The SMILES string of the molecule is COC(=O)c1cccc(CS(=O)(=O)NC(CN)C(C)C)c1. The van der Waals surface area contributed by atoms with E-state index >= 15 is 0 Å². The standard InChI is InChI=1S/C14H22N2O4S/c1-10(2)13(8-15)16-21(18,19)9-11-5-4-6-12(7-11)14(17)20-3/h4-7,10,13,16H,8-9,15H2,1-3H3. The largest absolute Gasteiger partial charge is 0.465 e. The zero-order valence-corrected chi connectivity index (χ0v) is 13.3. The smallest absolute Gasteiger partial charge is 0.337 e. The molecule has 1 rings (SSSR count). The number of nitrogens with two attached hydrogens (primary N) is 1. The molecule has 3 N–H and O–H groups in total. The number of sulfonamides is 1. The maximum atomic E-state index is 12.1. The molecule has 0 radical (unpaired) electrons. The van der Waals surface area contributed by atoms with Gasteiger partial charge in [-0.05, 0) is 23.6 Å². The fraction of sp³-hybridized carbons (Fsp3) is 0.500. The van der Waals surface area contributed by atoms with Crippen molar-refractivity contribution in [2.45, 2.75) is 25.6 Å². The van der Waals surface area contributed by atoms with Crippen LogP contribution in [0.3, 0.4) is 0 Å². The lowest BCUT2D eigenvalue weighted by molar-refractivity contribution is 0.0600. The third-order valence-electron chi connectivity index (χ3n) is 3.09. The molecule has 1 aromatic carbocycles. The van der Waals surface area contributed by atoms with E-state index in [4.69, 9.17) is 5.73 Å². The van der Waals surface area contributed by atoms with E-state index < -0.39 is 16.0 Å². The second-order valence-electron chi connectivity index (χ2n) is 5.16. The van der Waals surface area contributed by atoms with Gasteiger partial charge < -0.3 is 10.5 Å². The minimum absolute atomic E-state index is 0.103. The Morgan fingerprint density at radius 2 is 2.05 bits per heavy atom. The third kappa shape index (κ3) is 5.45. The van der Waals surface area contributed by atoms with Crippen molar-refractivity contribution in [3.05, 3.63) is 35.4 Å². The molecule has 0 aliphatic carbocycles. The average molecular weight is 314 g/mol. The van der Waals surface area contributed by atoms with Gasteiger partial charge in [-0.1, -0.05) is 26.0 Å². The van der Waals surface area contributed by atoms with Gasteiger partial charge in [0.05, 0.1) is 18.4 Å². The summed E-state index contributed by atoms with van der Waals surface area (Å²) in [6.45, 7) is 4.04. The number of esters is 1. The number of hydrogen-bond donors (Lipinski definition) is 2. The predicted molar refractivity (Wildman–Crippen MR) is 81.2 cm³/mol. The first-order valence-electron chi connectivity index (χ1n) is 6.66. The van der Waals surface area contributed by atoms with Crippen LogP contribution in [0.15, 0.2) is 24.3 Å². The lowest BCUT2D eigenvalue weighted by Gasteiger charge is -2.20. The summed E-state index contributed by atoms with van der Waals surface area (Å²) in [4.78, 5) is 11.4. The Balaban J connectivity index is 2.87. The summed E-state index contributed by atoms with van der Waals surface area (Å²) in [7, 11) is -2.24. The highest BCUT2D eigenvalue weighted by Gasteiger charge is 2.20. The first kappa shape index (κ1) is 17.6. The van der Waals surface area contributed by atoms with Crippen molar-refractivity contribution >= 4 is 16.0 Å². The zero-order valence-electron chi connectivity index (χ0n) is 12.5. The van der Waals surface area contributed by atoms with E-state index in [1.165, 1.54) is 13.2 Å². The van der Waals surface area contributed by atoms with Crippen molar-refractivity contribution < 1.29 is 17.9 Å². The van der Waals surface area contributed by atoms with E-state index in [-0.39, 0.29) is 24.3 Å². The van der Waals surface area contributed by atoms with Gasteiger partial charge in [0.25, 0.3) is 0 Å². The Labute approximate surface area is 125 Å². The molecular formula is C14H22N2O4S. The first-order chi connectivity index (χ1) is 9.79. The Hall–Kier alpha value is -1.44. The van der Waals surface area contributed by atoms with Gasteiger partial charge in [-0.3, -0.25) is 0 Å². The number of nitrogens with one attached hydrogen (secondary N) is 1. The molecular weight excluding hydrogens is 292 g/mol. The molecule has 0 saturated heterocycles. The van der Waals surface area contributed by atoms with Gasteiger partial charge in [-0.25, -0.2) is 17.9 Å². The molecule has 0 heterocycles. The van der Waals surface area contributed by atoms with E-state index in [0.29, 0.717) is 11.1 Å². The van der Waals surface area contributed by atoms with E-state index in [9.17, 15) is 13.2 Å². The monoisotopic (exact) mass is 314 g/mol. The van der Waals surface area contributed by atoms with Crippen LogP contribution in [0.5, 0.6) is 0 Å². The second kappa shape index (κ2) is 7.53. The van der Waals surface area contributed by atoms with E-state index in [1.807, 2.05) is 13.8 Å². The van der Waals surface area contributed by atoms with Gasteiger partial charge in [0, 0.05) is 12.6 Å². The molecule has 118 valence electrons. The van der Waals surface area contributed by atoms with Gasteiger partial charge in [-0.15, -0.1) is 0 Å². The van der Waals surface area contributed by atoms with Crippen molar-refractivity contribution in [3.63, 3.8) is 0 Å². The maximum Gasteiger partial charge on any atom is 0.337 e. The molecule has 1 atom stereocenters. The van der Waals surface area contributed by atoms with Crippen molar-refractivity contribution in [1.82, 2.24) is 4.72 Å². The molecule has 21 heavy (non-hydrogen) atoms. The molecule has 0 amide bonds. The number of carbonyl (C=O) groups is 1. The average Bonchev–Trinajstić information content (AvgIpc) is 2.43. The Kier molecular flexibility index (Phi) is 6.32. The highest BCUT2D eigenvalue weighted by Crippen LogP contribution is 2.11. The van der Waals surface area contributed by atoms with Gasteiger partial charge in [0.1, 0.15) is 0 Å². The van der Waals surface area contributed by atoms with Crippen LogP contribution >= 0.6 is 0 Å². The van der Waals surface area contributed by atoms with Crippen LogP contribution in [0.1, 0.15) is 29.8 Å². The highest BCUT2D eigenvalue weighted by atomic mass is 32.2. The van der Waals surface area contributed by atoms with E-state index in [2.05, 4.69) is 9.46 Å². The minimum atomic E-state index is -3.52. The van der Waals surface area contributed by atoms with Crippen molar-refractivity contribution in [2.24, 2.45) is 11.7 Å². The molecule has 0 aliphatic rings. The molecule has 0 aromatic heterocycles. The minimum Gasteiger partial charge on any atom is -0.465 e. The maximum absolute atomic E-state index is 12.1. The van der Waals surface area contributed by atoms with Gasteiger partial charge in [-0.2, -0.15) is 0 Å². The Morgan fingerprint density at radius 1 is 1.38 bits per heavy atom. The van der Waals surface area contributed by atoms with Crippen LogP contribution in [0, 0.1) is 5.92 Å². The number of ether oxygens (including phenoxy) is 1. The number of methoxy groups -OCH3 is 1. The lowest BCUT2D eigenvalue weighted by Crippen LogP contribution is -2.44. The van der Waals surface area contributed by atoms with Crippen LogP contribution in [0.2, 0.25) is 0 Å². The molecule has 7 heteroatoms. The van der Waals surface area contributed by atoms with Gasteiger partial charge in [0.15, 0.2) is 0 Å². The molecule has 0 spiro atoms. The number of benzene rings is 1. The molecule has 0 bridgehead atoms. The molecule has 0 aliphatic heterocycles. The first-order valence-corrected chi connectivity index (χ1v) is 8.31. The number of hydrogen-bond acceptors (Lipinski definition) is 5. The topological polar surface area (TPSA) is 98.5 Å². The second-order valence-corrected chi connectivity index (χ2v) is 6.91. The van der Waals surface area contributed by atoms with Crippen LogP contribution in [-0.2, 0) is 20.5 Å². The number of carbonyl (C=O) groups excluding carboxylic acids is 1. The normalized spacial score (nSPS) is 13.2. The Morgan fingerprint density at radius 3 is 2.57 bits per heavy atom. The highest BCUT2D eigenvalue weighted by molar-refractivity contribution is 7.88. The van der Waals surface area contributed by atoms with Crippen molar-refractivity contribution in [1.29, 1.82) is 0 Å². The molecule has 1 aromatic rings. The lowest BCUT2D eigenvalue weighted by atomic mass is 10.1. The van der Waals surface area contributed by atoms with Crippen LogP contribution < -0.4 is 10.5 Å².